The van der Waals surface area contributed by atoms with Crippen molar-refractivity contribution in [2.75, 3.05) is 5.73 Å². The molecule has 0 aliphatic rings. The molecule has 1 heterocycles. The zero-order valence-corrected chi connectivity index (χ0v) is 7.38. The lowest BCUT2D eigenvalue weighted by Gasteiger charge is -2.09. The molecular weight excluding hydrogens is 213 g/mol. The van der Waals surface area contributed by atoms with Crippen molar-refractivity contribution in [1.82, 2.24) is 4.98 Å². The van der Waals surface area contributed by atoms with Crippen molar-refractivity contribution in [2.45, 2.75) is 12.8 Å². The maximum absolute atomic E-state index is 12.8. The zero-order valence-electron chi connectivity index (χ0n) is 7.38. The number of halogens is 3. The van der Waals surface area contributed by atoms with Crippen LogP contribution in [0.5, 0.6) is 0 Å². The molecule has 0 amide bonds. The normalized spacial score (nSPS) is 10.7. The molecule has 0 radical (unpaired) electrons. The number of rotatable bonds is 3. The van der Waals surface area contributed by atoms with Crippen LogP contribution < -0.4 is 5.73 Å². The van der Waals surface area contributed by atoms with E-state index in [2.05, 4.69) is 4.98 Å². The van der Waals surface area contributed by atoms with Crippen LogP contribution in [0.25, 0.3) is 0 Å². The van der Waals surface area contributed by atoms with Gasteiger partial charge in [0.1, 0.15) is 0 Å². The van der Waals surface area contributed by atoms with Crippen molar-refractivity contribution in [3.63, 3.8) is 0 Å². The topological polar surface area (TPSA) is 76.2 Å². The molecule has 4 nitrogen and oxygen atoms in total. The monoisotopic (exact) mass is 220 g/mol. The highest BCUT2D eigenvalue weighted by atomic mass is 19.3. The first-order valence-electron chi connectivity index (χ1n) is 3.86. The molecular formula is C8H7F3N2O2. The quantitative estimate of drug-likeness (QED) is 0.754. The molecule has 3 N–H and O–H groups in total. The third-order valence-corrected chi connectivity index (χ3v) is 1.78. The smallest absolute Gasteiger partial charge is 0.307 e. The zero-order chi connectivity index (χ0) is 11.6. The van der Waals surface area contributed by atoms with E-state index < -0.39 is 41.6 Å². The van der Waals surface area contributed by atoms with Crippen LogP contribution in [0.15, 0.2) is 6.20 Å². The first kappa shape index (κ1) is 11.3. The van der Waals surface area contributed by atoms with Crippen molar-refractivity contribution in [3.05, 3.63) is 23.3 Å². The average Bonchev–Trinajstić information content (AvgIpc) is 2.12. The summed E-state index contributed by atoms with van der Waals surface area (Å²) in [4.78, 5) is 13.4. The molecule has 0 spiro atoms. The lowest BCUT2D eigenvalue weighted by molar-refractivity contribution is -0.136. The Labute approximate surface area is 82.5 Å². The van der Waals surface area contributed by atoms with Gasteiger partial charge in [-0.1, -0.05) is 0 Å². The van der Waals surface area contributed by atoms with Crippen LogP contribution >= 0.6 is 0 Å². The molecule has 0 aliphatic heterocycles. The minimum absolute atomic E-state index is 0.426. The fourth-order valence-electron chi connectivity index (χ4n) is 1.09. The number of alkyl halides is 2. The Morgan fingerprint density at radius 2 is 2.20 bits per heavy atom. The van der Waals surface area contributed by atoms with Gasteiger partial charge in [-0.3, -0.25) is 4.79 Å². The lowest BCUT2D eigenvalue weighted by Crippen LogP contribution is -2.10. The number of nitrogen functional groups attached to an aromatic ring is 1. The molecule has 82 valence electrons. The molecule has 0 aliphatic carbocycles. The Kier molecular flexibility index (Phi) is 3.13. The van der Waals surface area contributed by atoms with E-state index in [1.165, 1.54) is 0 Å². The minimum atomic E-state index is -2.94. The van der Waals surface area contributed by atoms with Gasteiger partial charge in [0.2, 0.25) is 5.95 Å². The largest absolute Gasteiger partial charge is 0.481 e. The summed E-state index contributed by atoms with van der Waals surface area (Å²) in [6.45, 7) is 0. The number of carboxylic acids is 1. The van der Waals surface area contributed by atoms with Gasteiger partial charge in [0.15, 0.2) is 0 Å². The Morgan fingerprint density at radius 3 is 2.67 bits per heavy atom. The third-order valence-electron chi connectivity index (χ3n) is 1.78. The molecule has 0 aromatic carbocycles. The van der Waals surface area contributed by atoms with Crippen LogP contribution in [0.4, 0.5) is 18.9 Å². The van der Waals surface area contributed by atoms with E-state index in [-0.39, 0.29) is 0 Å². The number of hydrogen-bond acceptors (Lipinski definition) is 3. The molecule has 0 bridgehead atoms. The standard InChI is InChI=1S/C8H7F3N2O2/c9-7(10)4-2-13-8(11)6(12)3(4)1-5(14)15/h2,7H,1,12H2,(H,14,15). The van der Waals surface area contributed by atoms with E-state index >= 15 is 0 Å². The van der Waals surface area contributed by atoms with Crippen LogP contribution in [0.3, 0.4) is 0 Å². The number of pyridine rings is 1. The first-order valence-corrected chi connectivity index (χ1v) is 3.86. The molecule has 1 aromatic heterocycles. The number of carbonyl (C=O) groups is 1. The second-order valence-electron chi connectivity index (χ2n) is 2.77. The van der Waals surface area contributed by atoms with E-state index in [1.54, 1.807) is 0 Å². The van der Waals surface area contributed by atoms with E-state index in [1.807, 2.05) is 0 Å². The highest BCUT2D eigenvalue weighted by Gasteiger charge is 2.20. The van der Waals surface area contributed by atoms with Crippen LogP contribution in [-0.4, -0.2) is 16.1 Å². The Bertz CT molecular complexity index is 396. The predicted molar refractivity (Wildman–Crippen MR) is 44.9 cm³/mol. The molecule has 1 rings (SSSR count). The summed E-state index contributed by atoms with van der Waals surface area (Å²) < 4.78 is 37.6. The number of anilines is 1. The molecule has 7 heteroatoms. The first-order chi connectivity index (χ1) is 6.93. The predicted octanol–water partition coefficient (Wildman–Crippen LogP) is 1.37. The molecule has 0 unspecified atom stereocenters. The summed E-state index contributed by atoms with van der Waals surface area (Å²) in [5, 5.41) is 8.45. The second kappa shape index (κ2) is 4.16. The number of nitrogens with zero attached hydrogens (tertiary/aromatic N) is 1. The Hall–Kier alpha value is -1.79. The van der Waals surface area contributed by atoms with Crippen LogP contribution in [-0.2, 0) is 11.2 Å². The molecule has 0 atom stereocenters. The molecule has 15 heavy (non-hydrogen) atoms. The molecule has 0 saturated heterocycles. The van der Waals surface area contributed by atoms with E-state index in [9.17, 15) is 18.0 Å². The number of aromatic nitrogens is 1. The summed E-state index contributed by atoms with van der Waals surface area (Å²) >= 11 is 0. The van der Waals surface area contributed by atoms with E-state index in [0.717, 1.165) is 0 Å². The summed E-state index contributed by atoms with van der Waals surface area (Å²) in [5.74, 6) is -2.51. The summed E-state index contributed by atoms with van der Waals surface area (Å²) in [5.41, 5.74) is 3.41. The summed E-state index contributed by atoms with van der Waals surface area (Å²) in [7, 11) is 0. The molecule has 1 aromatic rings. The van der Waals surface area contributed by atoms with Crippen molar-refractivity contribution in [3.8, 4) is 0 Å². The number of carboxylic acid groups (broad SMARTS) is 1. The maximum Gasteiger partial charge on any atom is 0.307 e. The number of aliphatic carboxylic acids is 1. The lowest BCUT2D eigenvalue weighted by atomic mass is 10.1. The molecule has 0 fully saturated rings. The highest BCUT2D eigenvalue weighted by molar-refractivity contribution is 5.73. The summed E-state index contributed by atoms with van der Waals surface area (Å²) in [6.07, 6.45) is -3.10. The van der Waals surface area contributed by atoms with Gasteiger partial charge < -0.3 is 10.8 Å². The number of hydrogen-bond donors (Lipinski definition) is 2. The van der Waals surface area contributed by atoms with Crippen molar-refractivity contribution < 1.29 is 23.1 Å². The van der Waals surface area contributed by atoms with Gasteiger partial charge in [-0.15, -0.1) is 0 Å². The van der Waals surface area contributed by atoms with Crippen molar-refractivity contribution in [2.24, 2.45) is 0 Å². The van der Waals surface area contributed by atoms with Gasteiger partial charge in [-0.2, -0.15) is 4.39 Å². The van der Waals surface area contributed by atoms with E-state index in [4.69, 9.17) is 10.8 Å². The minimum Gasteiger partial charge on any atom is -0.481 e. The average molecular weight is 220 g/mol. The van der Waals surface area contributed by atoms with Gasteiger partial charge in [0.05, 0.1) is 12.1 Å². The fourth-order valence-corrected chi connectivity index (χ4v) is 1.09. The second-order valence-corrected chi connectivity index (χ2v) is 2.77. The van der Waals surface area contributed by atoms with Crippen molar-refractivity contribution >= 4 is 11.7 Å². The van der Waals surface area contributed by atoms with Gasteiger partial charge in [0.25, 0.3) is 6.43 Å². The van der Waals surface area contributed by atoms with Crippen LogP contribution in [0.2, 0.25) is 0 Å². The van der Waals surface area contributed by atoms with Gasteiger partial charge in [-0.05, 0) is 0 Å². The Morgan fingerprint density at radius 1 is 1.60 bits per heavy atom. The van der Waals surface area contributed by atoms with E-state index in [0.29, 0.717) is 6.20 Å². The van der Waals surface area contributed by atoms with Crippen LogP contribution in [0, 0.1) is 5.95 Å². The van der Waals surface area contributed by atoms with Crippen molar-refractivity contribution in [1.29, 1.82) is 0 Å². The number of nitrogens with two attached hydrogens (primary N) is 1. The third kappa shape index (κ3) is 2.36. The van der Waals surface area contributed by atoms with Gasteiger partial charge in [-0.25, -0.2) is 13.8 Å². The van der Waals surface area contributed by atoms with Crippen LogP contribution in [0.1, 0.15) is 17.6 Å². The van der Waals surface area contributed by atoms with Gasteiger partial charge >= 0.3 is 5.97 Å². The Balaban J connectivity index is 3.28. The van der Waals surface area contributed by atoms with Gasteiger partial charge in [0, 0.05) is 17.3 Å². The SMILES string of the molecule is Nc1c(F)ncc(C(F)F)c1CC(=O)O. The summed E-state index contributed by atoms with van der Waals surface area (Å²) in [6, 6.07) is 0. The highest BCUT2D eigenvalue weighted by Crippen LogP contribution is 2.27. The fraction of sp³-hybridized carbons (Fsp3) is 0.250. The molecule has 0 saturated carbocycles. The maximum atomic E-state index is 12.8.